The molecule has 148 valence electrons. The zero-order valence-corrected chi connectivity index (χ0v) is 16.7. The molecular weight excluding hydrogens is 392 g/mol. The van der Waals surface area contributed by atoms with Gasteiger partial charge < -0.3 is 14.2 Å². The van der Waals surface area contributed by atoms with Crippen molar-refractivity contribution in [1.82, 2.24) is 4.57 Å². The fraction of sp³-hybridized carbons (Fsp3) is 0.136. The number of halogens is 1. The van der Waals surface area contributed by atoms with Gasteiger partial charge in [0.1, 0.15) is 5.56 Å². The van der Waals surface area contributed by atoms with E-state index >= 15 is 0 Å². The summed E-state index contributed by atoms with van der Waals surface area (Å²) in [6.45, 7) is 0.281. The Morgan fingerprint density at radius 2 is 1.76 bits per heavy atom. The summed E-state index contributed by atoms with van der Waals surface area (Å²) in [5.74, 6) is -1.08. The first-order chi connectivity index (χ1) is 13.9. The van der Waals surface area contributed by atoms with E-state index in [0.717, 1.165) is 5.56 Å². The highest BCUT2D eigenvalue weighted by Crippen LogP contribution is 2.21. The van der Waals surface area contributed by atoms with Crippen LogP contribution in [0.5, 0.6) is 0 Å². The second-order valence-corrected chi connectivity index (χ2v) is 6.79. The maximum atomic E-state index is 13.0. The Kier molecular flexibility index (Phi) is 6.14. The Balaban J connectivity index is 1.94. The standard InChI is InChI=1S/C22H19ClN2O4/c1-24(19-11-4-3-9-17(19)22(28)29-2)20(26)18-10-6-12-25(21(18)27)14-15-7-5-8-16(23)13-15/h3-13H,14H2,1-2H3. The van der Waals surface area contributed by atoms with E-state index in [0.29, 0.717) is 10.7 Å². The summed E-state index contributed by atoms with van der Waals surface area (Å²) in [6.07, 6.45) is 1.61. The first kappa shape index (κ1) is 20.4. The molecule has 0 unspecified atom stereocenters. The number of amides is 1. The molecule has 3 aromatic rings. The number of hydrogen-bond donors (Lipinski definition) is 0. The lowest BCUT2D eigenvalue weighted by atomic mass is 10.1. The first-order valence-corrected chi connectivity index (χ1v) is 9.19. The normalized spacial score (nSPS) is 10.4. The molecule has 0 saturated heterocycles. The minimum Gasteiger partial charge on any atom is -0.465 e. The minimum absolute atomic E-state index is 0.00306. The van der Waals surface area contributed by atoms with Gasteiger partial charge in [0.25, 0.3) is 11.5 Å². The molecule has 0 aliphatic rings. The topological polar surface area (TPSA) is 68.6 Å². The fourth-order valence-corrected chi connectivity index (χ4v) is 3.21. The number of pyridine rings is 1. The molecular formula is C22H19ClN2O4. The van der Waals surface area contributed by atoms with Gasteiger partial charge in [-0.05, 0) is 42.0 Å². The summed E-state index contributed by atoms with van der Waals surface area (Å²) in [4.78, 5) is 39.2. The highest BCUT2D eigenvalue weighted by molar-refractivity contribution is 6.30. The Labute approximate surface area is 172 Å². The zero-order chi connectivity index (χ0) is 21.0. The quantitative estimate of drug-likeness (QED) is 0.602. The number of ether oxygens (including phenoxy) is 1. The lowest BCUT2D eigenvalue weighted by molar-refractivity contribution is 0.0601. The van der Waals surface area contributed by atoms with E-state index in [-0.39, 0.29) is 17.7 Å². The molecule has 0 aliphatic carbocycles. The predicted molar refractivity (Wildman–Crippen MR) is 112 cm³/mol. The van der Waals surface area contributed by atoms with Gasteiger partial charge in [-0.25, -0.2) is 4.79 Å². The highest BCUT2D eigenvalue weighted by Gasteiger charge is 2.22. The number of benzene rings is 2. The summed E-state index contributed by atoms with van der Waals surface area (Å²) < 4.78 is 6.22. The molecule has 7 heteroatoms. The van der Waals surface area contributed by atoms with Crippen LogP contribution in [0, 0.1) is 0 Å². The number of anilines is 1. The van der Waals surface area contributed by atoms with E-state index in [2.05, 4.69) is 0 Å². The van der Waals surface area contributed by atoms with E-state index in [9.17, 15) is 14.4 Å². The van der Waals surface area contributed by atoms with Crippen molar-refractivity contribution in [3.63, 3.8) is 0 Å². The molecule has 1 aromatic heterocycles. The Morgan fingerprint density at radius 3 is 2.48 bits per heavy atom. The summed E-state index contributed by atoms with van der Waals surface area (Å²) in [7, 11) is 2.78. The van der Waals surface area contributed by atoms with Gasteiger partial charge in [-0.1, -0.05) is 35.9 Å². The molecule has 29 heavy (non-hydrogen) atoms. The molecule has 1 amide bonds. The number of esters is 1. The molecule has 0 radical (unpaired) electrons. The van der Waals surface area contributed by atoms with E-state index in [1.54, 1.807) is 54.7 Å². The lowest BCUT2D eigenvalue weighted by Gasteiger charge is -2.20. The number of hydrogen-bond acceptors (Lipinski definition) is 4. The highest BCUT2D eigenvalue weighted by atomic mass is 35.5. The number of rotatable bonds is 5. The van der Waals surface area contributed by atoms with Crippen LogP contribution in [0.3, 0.4) is 0 Å². The average molecular weight is 411 g/mol. The van der Waals surface area contributed by atoms with Crippen molar-refractivity contribution in [2.45, 2.75) is 6.54 Å². The molecule has 0 bridgehead atoms. The van der Waals surface area contributed by atoms with Crippen LogP contribution in [0.25, 0.3) is 0 Å². The van der Waals surface area contributed by atoms with Crippen LogP contribution in [0.2, 0.25) is 5.02 Å². The number of carbonyl (C=O) groups is 2. The van der Waals surface area contributed by atoms with Crippen molar-refractivity contribution in [2.24, 2.45) is 0 Å². The number of methoxy groups -OCH3 is 1. The van der Waals surface area contributed by atoms with Gasteiger partial charge in [0, 0.05) is 18.3 Å². The monoisotopic (exact) mass is 410 g/mol. The fourth-order valence-electron chi connectivity index (χ4n) is 2.99. The molecule has 2 aromatic carbocycles. The molecule has 3 rings (SSSR count). The van der Waals surface area contributed by atoms with Gasteiger partial charge in [-0.3, -0.25) is 9.59 Å². The molecule has 0 aliphatic heterocycles. The third-order valence-electron chi connectivity index (χ3n) is 4.47. The van der Waals surface area contributed by atoms with Crippen LogP contribution in [0.1, 0.15) is 26.3 Å². The average Bonchev–Trinajstić information content (AvgIpc) is 2.73. The summed E-state index contributed by atoms with van der Waals surface area (Å²) >= 11 is 6.01. The van der Waals surface area contributed by atoms with Crippen LogP contribution < -0.4 is 10.5 Å². The van der Waals surface area contributed by atoms with Crippen LogP contribution in [-0.4, -0.2) is 30.6 Å². The third kappa shape index (κ3) is 4.38. The van der Waals surface area contributed by atoms with Crippen LogP contribution >= 0.6 is 11.6 Å². The number of para-hydroxylation sites is 1. The Morgan fingerprint density at radius 1 is 1.03 bits per heavy atom. The summed E-state index contributed by atoms with van der Waals surface area (Å²) in [5.41, 5.74) is 1.00. The molecule has 0 saturated carbocycles. The predicted octanol–water partition coefficient (Wildman–Crippen LogP) is 3.61. The van der Waals surface area contributed by atoms with Gasteiger partial charge >= 0.3 is 5.97 Å². The number of nitrogens with zero attached hydrogens (tertiary/aromatic N) is 2. The molecule has 0 fully saturated rings. The molecule has 0 spiro atoms. The van der Waals surface area contributed by atoms with Crippen LogP contribution in [-0.2, 0) is 11.3 Å². The van der Waals surface area contributed by atoms with Crippen molar-refractivity contribution >= 4 is 29.2 Å². The van der Waals surface area contributed by atoms with Gasteiger partial charge in [-0.15, -0.1) is 0 Å². The van der Waals surface area contributed by atoms with Crippen molar-refractivity contribution in [1.29, 1.82) is 0 Å². The van der Waals surface area contributed by atoms with Crippen molar-refractivity contribution in [2.75, 3.05) is 19.1 Å². The molecule has 6 nitrogen and oxygen atoms in total. The van der Waals surface area contributed by atoms with Gasteiger partial charge in [0.2, 0.25) is 0 Å². The van der Waals surface area contributed by atoms with Gasteiger partial charge in [0.15, 0.2) is 0 Å². The minimum atomic E-state index is -0.563. The van der Waals surface area contributed by atoms with Crippen molar-refractivity contribution < 1.29 is 14.3 Å². The number of aromatic nitrogens is 1. The third-order valence-corrected chi connectivity index (χ3v) is 4.70. The first-order valence-electron chi connectivity index (χ1n) is 8.81. The lowest BCUT2D eigenvalue weighted by Crippen LogP contribution is -2.35. The smallest absolute Gasteiger partial charge is 0.339 e. The summed E-state index contributed by atoms with van der Waals surface area (Å²) in [6, 6.07) is 16.8. The van der Waals surface area contributed by atoms with Gasteiger partial charge in [0.05, 0.1) is 24.9 Å². The van der Waals surface area contributed by atoms with E-state index in [4.69, 9.17) is 16.3 Å². The molecule has 0 N–H and O–H groups in total. The van der Waals surface area contributed by atoms with Gasteiger partial charge in [-0.2, -0.15) is 0 Å². The van der Waals surface area contributed by atoms with Crippen LogP contribution in [0.4, 0.5) is 5.69 Å². The van der Waals surface area contributed by atoms with Crippen LogP contribution in [0.15, 0.2) is 71.7 Å². The summed E-state index contributed by atoms with van der Waals surface area (Å²) in [5, 5.41) is 0.571. The second kappa shape index (κ2) is 8.75. The van der Waals surface area contributed by atoms with Crippen molar-refractivity contribution in [3.8, 4) is 0 Å². The molecule has 0 atom stereocenters. The SMILES string of the molecule is COC(=O)c1ccccc1N(C)C(=O)c1cccn(Cc2cccc(Cl)c2)c1=O. The Bertz CT molecular complexity index is 1120. The van der Waals surface area contributed by atoms with E-state index in [1.807, 2.05) is 6.07 Å². The van der Waals surface area contributed by atoms with Crippen molar-refractivity contribution in [3.05, 3.63) is 98.9 Å². The maximum Gasteiger partial charge on any atom is 0.339 e. The second-order valence-electron chi connectivity index (χ2n) is 6.36. The largest absolute Gasteiger partial charge is 0.465 e. The number of carbonyl (C=O) groups excluding carboxylic acids is 2. The Hall–Kier alpha value is -3.38. The van der Waals surface area contributed by atoms with E-state index in [1.165, 1.54) is 29.7 Å². The molecule has 1 heterocycles. The maximum absolute atomic E-state index is 13.0. The zero-order valence-electron chi connectivity index (χ0n) is 16.0. The van der Waals surface area contributed by atoms with E-state index < -0.39 is 17.4 Å².